The number of rotatable bonds is 4. The second kappa shape index (κ2) is 7.40. The Morgan fingerprint density at radius 3 is 1.86 bits per heavy atom. The summed E-state index contributed by atoms with van der Waals surface area (Å²) in [6.07, 6.45) is -7.33. The quantitative estimate of drug-likeness (QED) is 0.604. The van der Waals surface area contributed by atoms with Gasteiger partial charge in [-0.15, -0.1) is 0 Å². The maximum Gasteiger partial charge on any atom is 0.428 e. The van der Waals surface area contributed by atoms with E-state index in [1.807, 2.05) is 19.9 Å². The molecule has 3 rings (SSSR count). The molecule has 0 fully saturated rings. The monoisotopic (exact) mass is 415 g/mol. The largest absolute Gasteiger partial charge is 0.428 e. The number of alkyl halides is 6. The maximum atomic E-state index is 14.1. The fourth-order valence-electron chi connectivity index (χ4n) is 3.21. The smallest absolute Gasteiger partial charge is 0.265 e. The Hall–Kier alpha value is -2.48. The Labute approximate surface area is 164 Å². The Morgan fingerprint density at radius 2 is 1.41 bits per heavy atom. The lowest BCUT2D eigenvalue weighted by Crippen LogP contribution is -2.42. The fraction of sp³-hybridized carbons (Fsp3) is 0.333. The van der Waals surface area contributed by atoms with Crippen LogP contribution in [0.2, 0.25) is 0 Å². The van der Waals surface area contributed by atoms with Crippen LogP contribution in [0.15, 0.2) is 48.5 Å². The summed E-state index contributed by atoms with van der Waals surface area (Å²) in [5.41, 5.74) is 0.160. The Morgan fingerprint density at radius 1 is 0.862 bits per heavy atom. The molecule has 1 heterocycles. The summed E-state index contributed by atoms with van der Waals surface area (Å²) >= 11 is 0. The summed E-state index contributed by atoms with van der Waals surface area (Å²) in [6.45, 7) is 3.69. The molecule has 0 radical (unpaired) electrons. The molecule has 2 aromatic rings. The van der Waals surface area contributed by atoms with Crippen molar-refractivity contribution in [1.82, 2.24) is 5.48 Å². The molecular formula is C21H19F6NO. The maximum absolute atomic E-state index is 14.1. The van der Waals surface area contributed by atoms with E-state index in [1.54, 1.807) is 0 Å². The molecule has 0 amide bonds. The van der Waals surface area contributed by atoms with Gasteiger partial charge in [-0.1, -0.05) is 44.2 Å². The molecule has 0 aliphatic carbocycles. The van der Waals surface area contributed by atoms with Gasteiger partial charge in [-0.3, -0.25) is 10.3 Å². The lowest BCUT2D eigenvalue weighted by molar-refractivity contribution is -0.269. The minimum Gasteiger partial charge on any atom is -0.265 e. The molecule has 2 aromatic carbocycles. The van der Waals surface area contributed by atoms with E-state index in [0.29, 0.717) is 12.8 Å². The van der Waals surface area contributed by atoms with Crippen LogP contribution < -0.4 is 5.48 Å². The van der Waals surface area contributed by atoms with Crippen LogP contribution in [0.25, 0.3) is 5.70 Å². The van der Waals surface area contributed by atoms with E-state index in [9.17, 15) is 26.3 Å². The summed E-state index contributed by atoms with van der Waals surface area (Å²) in [4.78, 5) is 5.06. The van der Waals surface area contributed by atoms with Crippen LogP contribution in [-0.4, -0.2) is 6.18 Å². The fourth-order valence-corrected chi connectivity index (χ4v) is 3.21. The zero-order valence-electron chi connectivity index (χ0n) is 15.7. The highest BCUT2D eigenvalue weighted by molar-refractivity contribution is 5.67. The topological polar surface area (TPSA) is 21.3 Å². The standard InChI is InChI=1S/C21H19F6NO/c1-3-13-9-14(4-2)11-17(10-13)19(21(25,26)27)12-18(28-29-19)15-5-7-16(8-6-15)20(22,23)24/h5-12,28H,3-4H2,1-2H3. The number of halogens is 6. The van der Waals surface area contributed by atoms with Crippen molar-refractivity contribution >= 4 is 5.70 Å². The van der Waals surface area contributed by atoms with Gasteiger partial charge in [0.25, 0.3) is 0 Å². The van der Waals surface area contributed by atoms with Gasteiger partial charge in [-0.05, 0) is 47.7 Å². The van der Waals surface area contributed by atoms with Crippen molar-refractivity contribution in [2.45, 2.75) is 44.6 Å². The highest BCUT2D eigenvalue weighted by Crippen LogP contribution is 2.47. The number of benzene rings is 2. The second-order valence-electron chi connectivity index (χ2n) is 6.82. The summed E-state index contributed by atoms with van der Waals surface area (Å²) in [5, 5.41) is 0. The van der Waals surface area contributed by atoms with E-state index in [4.69, 9.17) is 4.84 Å². The van der Waals surface area contributed by atoms with Crippen molar-refractivity contribution in [2.24, 2.45) is 0 Å². The van der Waals surface area contributed by atoms with Crippen LogP contribution in [0.4, 0.5) is 26.3 Å². The average Bonchev–Trinajstić information content (AvgIpc) is 3.14. The first kappa shape index (κ1) is 21.2. The number of hydroxylamine groups is 1. The van der Waals surface area contributed by atoms with E-state index in [1.165, 1.54) is 12.1 Å². The third-order valence-corrected chi connectivity index (χ3v) is 4.91. The molecule has 8 heteroatoms. The molecule has 1 N–H and O–H groups in total. The van der Waals surface area contributed by atoms with Gasteiger partial charge in [-0.2, -0.15) is 26.3 Å². The van der Waals surface area contributed by atoms with E-state index in [0.717, 1.165) is 41.5 Å². The molecular weight excluding hydrogens is 396 g/mol. The molecule has 0 spiro atoms. The van der Waals surface area contributed by atoms with E-state index < -0.39 is 23.5 Å². The highest BCUT2D eigenvalue weighted by Gasteiger charge is 2.59. The van der Waals surface area contributed by atoms with Crippen molar-refractivity contribution in [3.05, 3.63) is 76.4 Å². The van der Waals surface area contributed by atoms with Gasteiger partial charge in [0, 0.05) is 5.56 Å². The zero-order valence-corrected chi connectivity index (χ0v) is 15.7. The van der Waals surface area contributed by atoms with Crippen LogP contribution in [0.3, 0.4) is 0 Å². The van der Waals surface area contributed by atoms with Crippen molar-refractivity contribution in [3.63, 3.8) is 0 Å². The third kappa shape index (κ3) is 3.99. The Bertz CT molecular complexity index is 892. The summed E-state index contributed by atoms with van der Waals surface area (Å²) in [6, 6.07) is 8.59. The normalized spacial score (nSPS) is 19.8. The van der Waals surface area contributed by atoms with Gasteiger partial charge in [0.1, 0.15) is 0 Å². The highest BCUT2D eigenvalue weighted by atomic mass is 19.4. The molecule has 0 aromatic heterocycles. The Balaban J connectivity index is 2.09. The molecule has 1 unspecified atom stereocenters. The second-order valence-corrected chi connectivity index (χ2v) is 6.82. The number of hydrogen-bond donors (Lipinski definition) is 1. The first-order chi connectivity index (χ1) is 13.5. The third-order valence-electron chi connectivity index (χ3n) is 4.91. The summed E-state index contributed by atoms with van der Waals surface area (Å²) < 4.78 is 80.6. The van der Waals surface area contributed by atoms with Crippen LogP contribution in [0.1, 0.15) is 41.7 Å². The molecule has 1 atom stereocenters. The summed E-state index contributed by atoms with van der Waals surface area (Å²) in [7, 11) is 0. The predicted molar refractivity (Wildman–Crippen MR) is 96.6 cm³/mol. The van der Waals surface area contributed by atoms with Crippen molar-refractivity contribution < 1.29 is 31.2 Å². The van der Waals surface area contributed by atoms with Gasteiger partial charge in [-0.25, -0.2) is 0 Å². The molecule has 0 saturated heterocycles. The molecule has 0 saturated carbocycles. The molecule has 2 nitrogen and oxygen atoms in total. The first-order valence-electron chi connectivity index (χ1n) is 9.04. The van der Waals surface area contributed by atoms with Crippen molar-refractivity contribution in [2.75, 3.05) is 0 Å². The summed E-state index contributed by atoms with van der Waals surface area (Å²) in [5.74, 6) is 0. The van der Waals surface area contributed by atoms with Gasteiger partial charge in [0.15, 0.2) is 0 Å². The lowest BCUT2D eigenvalue weighted by Gasteiger charge is -2.29. The number of hydrogen-bond acceptors (Lipinski definition) is 2. The molecule has 1 aliphatic rings. The van der Waals surface area contributed by atoms with E-state index >= 15 is 0 Å². The minimum atomic E-state index is -4.79. The van der Waals surface area contributed by atoms with Crippen LogP contribution in [-0.2, 0) is 29.5 Å². The van der Waals surface area contributed by atoms with Gasteiger partial charge in [0.05, 0.1) is 11.3 Å². The average molecular weight is 415 g/mol. The van der Waals surface area contributed by atoms with Crippen molar-refractivity contribution in [3.8, 4) is 0 Å². The zero-order chi connectivity index (χ0) is 21.4. The number of nitrogens with one attached hydrogen (secondary N) is 1. The van der Waals surface area contributed by atoms with Crippen LogP contribution in [0.5, 0.6) is 0 Å². The Kier molecular flexibility index (Phi) is 5.42. The molecule has 156 valence electrons. The molecule has 1 aliphatic heterocycles. The van der Waals surface area contributed by atoms with E-state index in [-0.39, 0.29) is 16.8 Å². The van der Waals surface area contributed by atoms with Gasteiger partial charge in [0.2, 0.25) is 5.60 Å². The van der Waals surface area contributed by atoms with Crippen molar-refractivity contribution in [1.29, 1.82) is 0 Å². The van der Waals surface area contributed by atoms with Gasteiger partial charge >= 0.3 is 12.4 Å². The molecule has 0 bridgehead atoms. The van der Waals surface area contributed by atoms with E-state index in [2.05, 4.69) is 5.48 Å². The number of aryl methyl sites for hydroxylation is 2. The lowest BCUT2D eigenvalue weighted by atomic mass is 9.88. The first-order valence-corrected chi connectivity index (χ1v) is 9.04. The predicted octanol–water partition coefficient (Wildman–Crippen LogP) is 6.16. The van der Waals surface area contributed by atoms with Crippen LogP contribution >= 0.6 is 0 Å². The van der Waals surface area contributed by atoms with Crippen LogP contribution in [0, 0.1) is 0 Å². The van der Waals surface area contributed by atoms with Gasteiger partial charge < -0.3 is 0 Å². The minimum absolute atomic E-state index is 0.0454. The molecule has 29 heavy (non-hydrogen) atoms. The SMILES string of the molecule is CCc1cc(CC)cc(C2(C(F)(F)F)C=C(c3ccc(C(F)(F)F)cc3)NO2)c1.